The van der Waals surface area contributed by atoms with Gasteiger partial charge < -0.3 is 14.7 Å². The molecule has 3 rings (SSSR count). The Kier molecular flexibility index (Phi) is 6.07. The minimum Gasteiger partial charge on any atom is -0.360 e. The molecule has 0 aromatic carbocycles. The van der Waals surface area contributed by atoms with Gasteiger partial charge in [0, 0.05) is 38.7 Å². The Labute approximate surface area is 148 Å². The van der Waals surface area contributed by atoms with Crippen molar-refractivity contribution in [2.24, 2.45) is 5.92 Å². The smallest absolute Gasteiger partial charge is 0.239 e. The molecule has 2 aliphatic rings. The Bertz CT molecular complexity index is 587. The molecule has 1 aromatic heterocycles. The summed E-state index contributed by atoms with van der Waals surface area (Å²) in [5, 5.41) is 6.49. The molecule has 1 saturated heterocycles. The molecule has 0 bridgehead atoms. The topological polar surface area (TPSA) is 78.7 Å². The first-order valence-corrected chi connectivity index (χ1v) is 9.33. The van der Waals surface area contributed by atoms with Gasteiger partial charge in [-0.2, -0.15) is 0 Å². The lowest BCUT2D eigenvalue weighted by Gasteiger charge is -2.35. The Balaban J connectivity index is 1.37. The lowest BCUT2D eigenvalue weighted by atomic mass is 9.86. The highest BCUT2D eigenvalue weighted by Crippen LogP contribution is 2.27. The van der Waals surface area contributed by atoms with E-state index in [4.69, 9.17) is 4.52 Å². The molecule has 2 fully saturated rings. The van der Waals surface area contributed by atoms with Gasteiger partial charge in [-0.1, -0.05) is 24.4 Å². The van der Waals surface area contributed by atoms with Crippen LogP contribution in [0.3, 0.4) is 0 Å². The van der Waals surface area contributed by atoms with Crippen LogP contribution in [0.4, 0.5) is 5.82 Å². The van der Waals surface area contributed by atoms with Gasteiger partial charge in [-0.25, -0.2) is 0 Å². The molecule has 2 heterocycles. The second-order valence-electron chi connectivity index (χ2n) is 7.24. The number of nitrogens with one attached hydrogen (secondary N) is 1. The lowest BCUT2D eigenvalue weighted by molar-refractivity contribution is -0.134. The van der Waals surface area contributed by atoms with E-state index in [-0.39, 0.29) is 11.8 Å². The maximum Gasteiger partial charge on any atom is 0.239 e. The summed E-state index contributed by atoms with van der Waals surface area (Å²) >= 11 is 0. The second-order valence-corrected chi connectivity index (χ2v) is 7.24. The SMILES string of the molecule is Cc1cc(NC(=O)CN2CCN(C(=O)CC3CCCCC3)CC2)no1. The van der Waals surface area contributed by atoms with Crippen molar-refractivity contribution in [2.45, 2.75) is 45.4 Å². The average molecular weight is 348 g/mol. The molecule has 1 N–H and O–H groups in total. The third-order valence-corrected chi connectivity index (χ3v) is 5.18. The lowest BCUT2D eigenvalue weighted by Crippen LogP contribution is -2.50. The molecule has 1 aromatic rings. The number of piperazine rings is 1. The number of anilines is 1. The monoisotopic (exact) mass is 348 g/mol. The largest absolute Gasteiger partial charge is 0.360 e. The van der Waals surface area contributed by atoms with Gasteiger partial charge in [-0.3, -0.25) is 14.5 Å². The third kappa shape index (κ3) is 5.29. The van der Waals surface area contributed by atoms with Crippen molar-refractivity contribution in [3.63, 3.8) is 0 Å². The molecule has 1 aliphatic heterocycles. The first-order chi connectivity index (χ1) is 12.1. The summed E-state index contributed by atoms with van der Waals surface area (Å²) in [6.07, 6.45) is 6.96. The van der Waals surface area contributed by atoms with Crippen molar-refractivity contribution >= 4 is 17.6 Å². The molecule has 0 atom stereocenters. The van der Waals surface area contributed by atoms with E-state index in [0.29, 0.717) is 43.6 Å². The number of rotatable bonds is 5. The van der Waals surface area contributed by atoms with Crippen LogP contribution in [-0.2, 0) is 9.59 Å². The fourth-order valence-electron chi connectivity index (χ4n) is 3.73. The number of hydrogen-bond donors (Lipinski definition) is 1. The molecular weight excluding hydrogens is 320 g/mol. The minimum absolute atomic E-state index is 0.102. The van der Waals surface area contributed by atoms with Crippen LogP contribution in [0.2, 0.25) is 0 Å². The summed E-state index contributed by atoms with van der Waals surface area (Å²) in [4.78, 5) is 28.5. The fourth-order valence-corrected chi connectivity index (χ4v) is 3.73. The van der Waals surface area contributed by atoms with E-state index in [1.165, 1.54) is 32.1 Å². The van der Waals surface area contributed by atoms with Crippen LogP contribution < -0.4 is 5.32 Å². The number of carbonyl (C=O) groups excluding carboxylic acids is 2. The molecule has 25 heavy (non-hydrogen) atoms. The van der Waals surface area contributed by atoms with Gasteiger partial charge >= 0.3 is 0 Å². The zero-order valence-electron chi connectivity index (χ0n) is 15.0. The summed E-state index contributed by atoms with van der Waals surface area (Å²) in [5.74, 6) is 1.88. The van der Waals surface area contributed by atoms with E-state index in [1.54, 1.807) is 13.0 Å². The van der Waals surface area contributed by atoms with Crippen LogP contribution in [0.5, 0.6) is 0 Å². The van der Waals surface area contributed by atoms with E-state index >= 15 is 0 Å². The Morgan fingerprint density at radius 1 is 1.20 bits per heavy atom. The molecule has 138 valence electrons. The van der Waals surface area contributed by atoms with Crippen molar-refractivity contribution in [3.05, 3.63) is 11.8 Å². The van der Waals surface area contributed by atoms with Gasteiger partial charge in [0.25, 0.3) is 0 Å². The van der Waals surface area contributed by atoms with Crippen LogP contribution in [0.15, 0.2) is 10.6 Å². The molecular formula is C18H28N4O3. The van der Waals surface area contributed by atoms with Gasteiger partial charge in [-0.15, -0.1) is 0 Å². The summed E-state index contributed by atoms with van der Waals surface area (Å²) in [6.45, 7) is 5.00. The summed E-state index contributed by atoms with van der Waals surface area (Å²) in [5.41, 5.74) is 0. The molecule has 7 heteroatoms. The van der Waals surface area contributed by atoms with E-state index < -0.39 is 0 Å². The molecule has 2 amide bonds. The van der Waals surface area contributed by atoms with E-state index in [9.17, 15) is 9.59 Å². The average Bonchev–Trinajstić information content (AvgIpc) is 3.01. The number of carbonyl (C=O) groups is 2. The van der Waals surface area contributed by atoms with Crippen molar-refractivity contribution in [2.75, 3.05) is 38.0 Å². The fraction of sp³-hybridized carbons (Fsp3) is 0.722. The van der Waals surface area contributed by atoms with Gasteiger partial charge in [0.05, 0.1) is 6.54 Å². The van der Waals surface area contributed by atoms with Crippen LogP contribution in [-0.4, -0.2) is 59.5 Å². The summed E-state index contributed by atoms with van der Waals surface area (Å²) in [6, 6.07) is 1.69. The summed E-state index contributed by atoms with van der Waals surface area (Å²) in [7, 11) is 0. The van der Waals surface area contributed by atoms with Crippen LogP contribution in [0.1, 0.15) is 44.3 Å². The maximum atomic E-state index is 12.4. The molecule has 0 spiro atoms. The van der Waals surface area contributed by atoms with E-state index in [2.05, 4.69) is 15.4 Å². The Morgan fingerprint density at radius 3 is 2.56 bits per heavy atom. The first kappa shape index (κ1) is 17.9. The molecule has 1 aliphatic carbocycles. The number of hydrogen-bond acceptors (Lipinski definition) is 5. The van der Waals surface area contributed by atoms with Crippen LogP contribution in [0, 0.1) is 12.8 Å². The van der Waals surface area contributed by atoms with E-state index in [0.717, 1.165) is 13.1 Å². The van der Waals surface area contributed by atoms with Crippen molar-refractivity contribution in [1.29, 1.82) is 0 Å². The van der Waals surface area contributed by atoms with Gasteiger partial charge in [0.2, 0.25) is 11.8 Å². The quantitative estimate of drug-likeness (QED) is 0.881. The zero-order valence-corrected chi connectivity index (χ0v) is 15.0. The zero-order chi connectivity index (χ0) is 17.6. The molecule has 1 saturated carbocycles. The third-order valence-electron chi connectivity index (χ3n) is 5.18. The number of aryl methyl sites for hydroxylation is 1. The van der Waals surface area contributed by atoms with Crippen molar-refractivity contribution in [3.8, 4) is 0 Å². The minimum atomic E-state index is -0.102. The summed E-state index contributed by atoms with van der Waals surface area (Å²) < 4.78 is 4.94. The Morgan fingerprint density at radius 2 is 1.92 bits per heavy atom. The van der Waals surface area contributed by atoms with E-state index in [1.807, 2.05) is 4.90 Å². The Hall–Kier alpha value is -1.89. The maximum absolute atomic E-state index is 12.4. The van der Waals surface area contributed by atoms with Gasteiger partial charge in [-0.05, 0) is 25.7 Å². The first-order valence-electron chi connectivity index (χ1n) is 9.33. The van der Waals surface area contributed by atoms with Crippen molar-refractivity contribution < 1.29 is 14.1 Å². The predicted molar refractivity (Wildman–Crippen MR) is 94.1 cm³/mol. The highest BCUT2D eigenvalue weighted by atomic mass is 16.5. The predicted octanol–water partition coefficient (Wildman–Crippen LogP) is 2.04. The molecule has 0 radical (unpaired) electrons. The molecule has 0 unspecified atom stereocenters. The highest BCUT2D eigenvalue weighted by Gasteiger charge is 2.25. The number of amides is 2. The van der Waals surface area contributed by atoms with Gasteiger partial charge in [0.15, 0.2) is 5.82 Å². The van der Waals surface area contributed by atoms with Crippen LogP contribution in [0.25, 0.3) is 0 Å². The normalized spacial score (nSPS) is 19.8. The number of aromatic nitrogens is 1. The van der Waals surface area contributed by atoms with Gasteiger partial charge in [0.1, 0.15) is 5.76 Å². The standard InChI is InChI=1S/C18H28N4O3/c1-14-11-16(20-25-14)19-17(23)13-21-7-9-22(10-8-21)18(24)12-15-5-3-2-4-6-15/h11,15H,2-10,12-13H2,1H3,(H,19,20,23). The second kappa shape index (κ2) is 8.47. The van der Waals surface area contributed by atoms with Crippen LogP contribution >= 0.6 is 0 Å². The molecule has 7 nitrogen and oxygen atoms in total. The number of nitrogens with zero attached hydrogens (tertiary/aromatic N) is 3. The highest BCUT2D eigenvalue weighted by molar-refractivity contribution is 5.91. The van der Waals surface area contributed by atoms with Crippen molar-refractivity contribution in [1.82, 2.24) is 15.0 Å².